The zero-order valence-electron chi connectivity index (χ0n) is 29.4. The molecule has 2 saturated carbocycles. The maximum Gasteiger partial charge on any atom is 0.306 e. The summed E-state index contributed by atoms with van der Waals surface area (Å²) in [5, 5.41) is 13.3. The lowest BCUT2D eigenvalue weighted by atomic mass is 9.87. The van der Waals surface area contributed by atoms with Gasteiger partial charge in [0.25, 0.3) is 5.91 Å². The number of carbonyl (C=O) groups is 3. The number of aliphatic carboxylic acids is 1. The van der Waals surface area contributed by atoms with Crippen LogP contribution in [0, 0.1) is 11.7 Å². The number of ether oxygens (including phenoxy) is 1. The quantitative estimate of drug-likeness (QED) is 0.238. The highest BCUT2D eigenvalue weighted by Crippen LogP contribution is 2.38. The summed E-state index contributed by atoms with van der Waals surface area (Å²) < 4.78 is 24.9. The van der Waals surface area contributed by atoms with Gasteiger partial charge < -0.3 is 19.7 Å². The summed E-state index contributed by atoms with van der Waals surface area (Å²) in [4.78, 5) is 46.9. The number of aryl methyl sites for hydroxylation is 1. The summed E-state index contributed by atoms with van der Waals surface area (Å²) in [6.07, 6.45) is 10.1. The Kier molecular flexibility index (Phi) is 10.8. The molecule has 7 rings (SSSR count). The van der Waals surface area contributed by atoms with Gasteiger partial charge in [0.2, 0.25) is 5.85 Å². The maximum absolute atomic E-state index is 16.0. The van der Waals surface area contributed by atoms with Gasteiger partial charge in [-0.3, -0.25) is 29.1 Å². The van der Waals surface area contributed by atoms with Crippen molar-refractivity contribution in [2.75, 3.05) is 44.6 Å². The van der Waals surface area contributed by atoms with Crippen LogP contribution in [-0.2, 0) is 27.8 Å². The van der Waals surface area contributed by atoms with Crippen LogP contribution in [0.2, 0.25) is 5.02 Å². The summed E-state index contributed by atoms with van der Waals surface area (Å²) >= 11 is 6.70. The first-order chi connectivity index (χ1) is 24.6. The molecule has 1 amide bonds. The molecule has 4 fully saturated rings. The molecule has 0 bridgehead atoms. The van der Waals surface area contributed by atoms with Crippen molar-refractivity contribution in [2.24, 2.45) is 13.0 Å². The first-order valence-corrected chi connectivity index (χ1v) is 19.0. The van der Waals surface area contributed by atoms with E-state index in [1.54, 1.807) is 6.20 Å². The third-order valence-corrected chi connectivity index (χ3v) is 12.0. The van der Waals surface area contributed by atoms with Crippen LogP contribution in [0.1, 0.15) is 80.1 Å². The molecule has 274 valence electrons. The summed E-state index contributed by atoms with van der Waals surface area (Å²) in [6.45, 7) is 4.31. The molecular weight excluding hydrogens is 673 g/mol. The number of halogens is 2. The molecule has 1 atom stereocenters. The van der Waals surface area contributed by atoms with E-state index in [2.05, 4.69) is 20.0 Å². The predicted molar refractivity (Wildman–Crippen MR) is 194 cm³/mol. The van der Waals surface area contributed by atoms with E-state index in [9.17, 15) is 19.5 Å². The average molecular weight is 722 g/mol. The van der Waals surface area contributed by atoms with Crippen LogP contribution in [-0.4, -0.2) is 99.3 Å². The third kappa shape index (κ3) is 7.33. The second-order valence-corrected chi connectivity index (χ2v) is 15.2. The number of carbonyl (C=O) groups excluding carboxylic acids is 2. The first-order valence-electron chi connectivity index (χ1n) is 18.7. The lowest BCUT2D eigenvalue weighted by Crippen LogP contribution is -2.71. The summed E-state index contributed by atoms with van der Waals surface area (Å²) in [5.41, 5.74) is 1.61. The van der Waals surface area contributed by atoms with Gasteiger partial charge in [0, 0.05) is 75.9 Å². The Morgan fingerprint density at radius 1 is 0.922 bits per heavy atom. The first kappa shape index (κ1) is 36.0. The second-order valence-electron chi connectivity index (χ2n) is 14.8. The number of carboxylic acids is 1. The van der Waals surface area contributed by atoms with Gasteiger partial charge in [-0.2, -0.15) is 0 Å². The number of piperazine rings is 1. The number of para-hydroxylation sites is 1. The number of amides is 1. The van der Waals surface area contributed by atoms with Gasteiger partial charge >= 0.3 is 5.97 Å². The van der Waals surface area contributed by atoms with Gasteiger partial charge in [-0.1, -0.05) is 42.6 Å². The van der Waals surface area contributed by atoms with Gasteiger partial charge in [-0.05, 0) is 75.1 Å². The van der Waals surface area contributed by atoms with E-state index in [1.165, 1.54) is 37.8 Å². The van der Waals surface area contributed by atoms with Crippen LogP contribution < -0.4 is 5.32 Å². The molecule has 3 heterocycles. The molecule has 10 nitrogen and oxygen atoms in total. The molecular formula is C39H49ClFN5O5. The van der Waals surface area contributed by atoms with E-state index in [0.717, 1.165) is 36.8 Å². The standard InChI is InChI=1S/C39H49ClFN5O5/c1-43-25-31(30-10-4-5-11-35(30)43)37(48)42-34-24-33(41)27(22-32(34)40)23-36(47)39(45-16-6-7-17-45,51-29-14-12-26(13-15-29)38(49)50)46-20-18-44(19-21-46)28-8-2-3-9-28/h4-5,10-11,22,24-26,28-29H,2-3,6-9,12-21,23H2,1H3,(H,42,48)(H,49,50)/t26-,29-,39?. The molecule has 51 heavy (non-hydrogen) atoms. The Morgan fingerprint density at radius 2 is 1.59 bits per heavy atom. The Hall–Kier alpha value is -3.35. The molecule has 2 aliphatic carbocycles. The van der Waals surface area contributed by atoms with Crippen LogP contribution in [0.15, 0.2) is 42.6 Å². The van der Waals surface area contributed by atoms with Crippen molar-refractivity contribution >= 4 is 45.9 Å². The molecule has 4 aliphatic rings. The topological polar surface area (TPSA) is 107 Å². The van der Waals surface area contributed by atoms with E-state index < -0.39 is 29.5 Å². The minimum Gasteiger partial charge on any atom is -0.481 e. The van der Waals surface area contributed by atoms with Crippen LogP contribution in [0.5, 0.6) is 0 Å². The van der Waals surface area contributed by atoms with Gasteiger partial charge in [-0.15, -0.1) is 0 Å². The minimum absolute atomic E-state index is 0.128. The lowest BCUT2D eigenvalue weighted by molar-refractivity contribution is -0.261. The molecule has 1 unspecified atom stereocenters. The van der Waals surface area contributed by atoms with Gasteiger partial charge in [0.15, 0.2) is 5.78 Å². The molecule has 3 aromatic rings. The highest BCUT2D eigenvalue weighted by atomic mass is 35.5. The third-order valence-electron chi connectivity index (χ3n) is 11.7. The molecule has 12 heteroatoms. The van der Waals surface area contributed by atoms with E-state index in [0.29, 0.717) is 63.5 Å². The minimum atomic E-state index is -1.40. The molecule has 0 radical (unpaired) electrons. The average Bonchev–Trinajstić information content (AvgIpc) is 3.93. The van der Waals surface area contributed by atoms with Crippen LogP contribution in [0.3, 0.4) is 0 Å². The number of hydrogen-bond acceptors (Lipinski definition) is 7. The number of anilines is 1. The number of rotatable bonds is 11. The molecule has 1 aromatic heterocycles. The zero-order valence-corrected chi connectivity index (χ0v) is 30.2. The van der Waals surface area contributed by atoms with Gasteiger partial charge in [-0.25, -0.2) is 4.39 Å². The van der Waals surface area contributed by atoms with Crippen molar-refractivity contribution < 1.29 is 28.6 Å². The van der Waals surface area contributed by atoms with Crippen molar-refractivity contribution in [2.45, 2.75) is 88.6 Å². The largest absolute Gasteiger partial charge is 0.481 e. The number of ketones is 1. The number of aromatic nitrogens is 1. The fraction of sp³-hybridized carbons (Fsp3) is 0.564. The number of Topliss-reactive ketones (excluding diaryl/α,β-unsaturated/α-hetero) is 1. The van der Waals surface area contributed by atoms with Crippen molar-refractivity contribution in [3.8, 4) is 0 Å². The second kappa shape index (κ2) is 15.3. The summed E-state index contributed by atoms with van der Waals surface area (Å²) in [6, 6.07) is 10.8. The fourth-order valence-corrected chi connectivity index (χ4v) is 9.16. The molecule has 2 N–H and O–H groups in total. The molecule has 0 spiro atoms. The Bertz CT molecular complexity index is 1760. The van der Waals surface area contributed by atoms with Crippen LogP contribution in [0.25, 0.3) is 10.9 Å². The molecule has 2 aromatic carbocycles. The Morgan fingerprint density at radius 3 is 2.27 bits per heavy atom. The van der Waals surface area contributed by atoms with Crippen molar-refractivity contribution in [1.29, 1.82) is 0 Å². The van der Waals surface area contributed by atoms with Gasteiger partial charge in [0.05, 0.1) is 28.3 Å². The smallest absolute Gasteiger partial charge is 0.306 e. The number of benzene rings is 2. The van der Waals surface area contributed by atoms with E-state index in [-0.39, 0.29) is 34.6 Å². The van der Waals surface area contributed by atoms with E-state index in [4.69, 9.17) is 16.3 Å². The van der Waals surface area contributed by atoms with Crippen molar-refractivity contribution in [3.05, 3.63) is 64.6 Å². The van der Waals surface area contributed by atoms with Crippen molar-refractivity contribution in [3.63, 3.8) is 0 Å². The Labute approximate surface area is 303 Å². The normalized spacial score (nSPS) is 23.8. The van der Waals surface area contributed by atoms with Gasteiger partial charge in [0.1, 0.15) is 5.82 Å². The summed E-state index contributed by atoms with van der Waals surface area (Å²) in [5.74, 6) is -3.90. The van der Waals surface area contributed by atoms with Crippen LogP contribution >= 0.6 is 11.6 Å². The number of nitrogens with zero attached hydrogens (tertiary/aromatic N) is 4. The summed E-state index contributed by atoms with van der Waals surface area (Å²) in [7, 11) is 1.86. The van der Waals surface area contributed by atoms with Crippen molar-refractivity contribution in [1.82, 2.24) is 19.3 Å². The monoisotopic (exact) mass is 721 g/mol. The highest BCUT2D eigenvalue weighted by molar-refractivity contribution is 6.34. The number of fused-ring (bicyclic) bond motifs is 1. The van der Waals surface area contributed by atoms with Crippen LogP contribution in [0.4, 0.5) is 10.1 Å². The van der Waals surface area contributed by atoms with E-state index >= 15 is 4.39 Å². The predicted octanol–water partition coefficient (Wildman–Crippen LogP) is 6.30. The number of hydrogen-bond donors (Lipinski definition) is 2. The highest BCUT2D eigenvalue weighted by Gasteiger charge is 2.53. The molecule has 2 saturated heterocycles. The fourth-order valence-electron chi connectivity index (χ4n) is 8.93. The number of nitrogens with one attached hydrogen (secondary N) is 1. The number of carboxylic acid groups (broad SMARTS) is 1. The zero-order chi connectivity index (χ0) is 35.7. The molecule has 2 aliphatic heterocycles. The SMILES string of the molecule is Cn1cc(C(=O)Nc2cc(F)c(CC(=O)C(O[C@H]3CC[C@H](C(=O)O)CC3)(N3CCCC3)N3CCN(C4CCCC4)CC3)cc2Cl)c2ccccc21. The Balaban J connectivity index is 1.15. The number of likely N-dealkylation sites (tertiary alicyclic amines) is 1. The lowest BCUT2D eigenvalue weighted by Gasteiger charge is -2.52. The van der Waals surface area contributed by atoms with E-state index in [1.807, 2.05) is 35.9 Å². The maximum atomic E-state index is 16.0.